The Morgan fingerprint density at radius 1 is 1.40 bits per heavy atom. The van der Waals surface area contributed by atoms with Gasteiger partial charge in [0.15, 0.2) is 0 Å². The zero-order chi connectivity index (χ0) is 6.53. The quantitative estimate of drug-likeness (QED) is 0.515. The normalized spacial score (nSPS) is 19.2. The van der Waals surface area contributed by atoms with Crippen molar-refractivity contribution in [2.45, 2.75) is 0 Å². The summed E-state index contributed by atoms with van der Waals surface area (Å²) in [5.41, 5.74) is 2.60. The van der Waals surface area contributed by atoms with Gasteiger partial charge in [0.1, 0.15) is 0 Å². The van der Waals surface area contributed by atoms with Crippen molar-refractivity contribution in [2.75, 3.05) is 26.2 Å². The molecule has 0 aromatic rings. The highest BCUT2D eigenvalue weighted by Crippen LogP contribution is 1.83. The number of carbonyl (C=O) groups is 1. The maximum atomic E-state index is 9.90. The average Bonchev–Trinajstić information content (AvgIpc) is 1.91. The van der Waals surface area contributed by atoms with Crippen molar-refractivity contribution < 1.29 is 4.79 Å². The Bertz CT molecular complexity index is 94.9. The minimum atomic E-state index is 0. The molecule has 1 aliphatic rings. The lowest BCUT2D eigenvalue weighted by Crippen LogP contribution is -2.49. The molecule has 5 heteroatoms. The standard InChI is InChI=1S/C5H11N3O.ClH/c9-5-7-8-3-1-6-2-4-8;/h5-6H,1-4H2,(H,7,9);1H. The van der Waals surface area contributed by atoms with E-state index in [0.717, 1.165) is 26.2 Å². The molecule has 1 saturated heterocycles. The molecule has 0 spiro atoms. The van der Waals surface area contributed by atoms with Gasteiger partial charge in [-0.15, -0.1) is 12.4 Å². The Hall–Kier alpha value is -0.320. The first-order valence-corrected chi connectivity index (χ1v) is 3.09. The molecule has 0 atom stereocenters. The van der Waals surface area contributed by atoms with Crippen LogP contribution < -0.4 is 10.7 Å². The Kier molecular flexibility index (Phi) is 5.29. The van der Waals surface area contributed by atoms with E-state index in [1.54, 1.807) is 0 Å². The SMILES string of the molecule is Cl.O=CNN1CCNCC1. The maximum Gasteiger partial charge on any atom is 0.221 e. The third kappa shape index (κ3) is 3.00. The lowest BCUT2D eigenvalue weighted by molar-refractivity contribution is -0.114. The van der Waals surface area contributed by atoms with E-state index >= 15 is 0 Å². The van der Waals surface area contributed by atoms with Crippen LogP contribution in [0.4, 0.5) is 0 Å². The first-order valence-electron chi connectivity index (χ1n) is 3.09. The van der Waals surface area contributed by atoms with Crippen LogP contribution in [0.3, 0.4) is 0 Å². The molecule has 4 nitrogen and oxygen atoms in total. The minimum Gasteiger partial charge on any atom is -0.314 e. The number of rotatable bonds is 2. The van der Waals surface area contributed by atoms with Gasteiger partial charge in [-0.05, 0) is 0 Å². The molecule has 1 heterocycles. The van der Waals surface area contributed by atoms with Crippen molar-refractivity contribution in [3.8, 4) is 0 Å². The Morgan fingerprint density at radius 2 is 2.00 bits per heavy atom. The number of hydrogen-bond acceptors (Lipinski definition) is 3. The molecular formula is C5H12ClN3O. The minimum absolute atomic E-state index is 0. The van der Waals surface area contributed by atoms with Gasteiger partial charge in [0.05, 0.1) is 0 Å². The topological polar surface area (TPSA) is 44.4 Å². The number of amides is 1. The highest BCUT2D eigenvalue weighted by atomic mass is 35.5. The summed E-state index contributed by atoms with van der Waals surface area (Å²) in [7, 11) is 0. The fourth-order valence-electron chi connectivity index (χ4n) is 0.868. The van der Waals surface area contributed by atoms with Gasteiger partial charge in [-0.25, -0.2) is 5.01 Å². The van der Waals surface area contributed by atoms with Crippen LogP contribution in [0.25, 0.3) is 0 Å². The number of hydrogen-bond donors (Lipinski definition) is 2. The van der Waals surface area contributed by atoms with Crippen molar-refractivity contribution in [3.05, 3.63) is 0 Å². The van der Waals surface area contributed by atoms with Gasteiger partial charge in [-0.3, -0.25) is 10.2 Å². The third-order valence-electron chi connectivity index (χ3n) is 1.35. The Balaban J connectivity index is 0.000000810. The summed E-state index contributed by atoms with van der Waals surface area (Å²) in [6, 6.07) is 0. The molecule has 1 rings (SSSR count). The highest BCUT2D eigenvalue weighted by molar-refractivity contribution is 5.85. The van der Waals surface area contributed by atoms with Crippen LogP contribution in [0.15, 0.2) is 0 Å². The predicted octanol–water partition coefficient (Wildman–Crippen LogP) is -1.03. The molecular weight excluding hydrogens is 154 g/mol. The molecule has 0 aromatic heterocycles. The molecule has 10 heavy (non-hydrogen) atoms. The summed E-state index contributed by atoms with van der Waals surface area (Å²) in [4.78, 5) is 9.90. The van der Waals surface area contributed by atoms with Gasteiger partial charge in [-0.2, -0.15) is 0 Å². The summed E-state index contributed by atoms with van der Waals surface area (Å²) in [5.74, 6) is 0. The van der Waals surface area contributed by atoms with Crippen LogP contribution in [-0.2, 0) is 4.79 Å². The molecule has 1 fully saturated rings. The first-order chi connectivity index (χ1) is 4.43. The number of carbonyl (C=O) groups excluding carboxylic acids is 1. The van der Waals surface area contributed by atoms with Crippen molar-refractivity contribution in [2.24, 2.45) is 0 Å². The molecule has 1 aliphatic heterocycles. The van der Waals surface area contributed by atoms with E-state index in [-0.39, 0.29) is 12.4 Å². The molecule has 0 aromatic carbocycles. The van der Waals surface area contributed by atoms with Crippen molar-refractivity contribution in [3.63, 3.8) is 0 Å². The largest absolute Gasteiger partial charge is 0.314 e. The van der Waals surface area contributed by atoms with E-state index in [4.69, 9.17) is 0 Å². The van der Waals surface area contributed by atoms with E-state index < -0.39 is 0 Å². The highest BCUT2D eigenvalue weighted by Gasteiger charge is 2.06. The van der Waals surface area contributed by atoms with Crippen molar-refractivity contribution >= 4 is 18.8 Å². The van der Waals surface area contributed by atoms with Crippen LogP contribution in [0, 0.1) is 0 Å². The van der Waals surface area contributed by atoms with Crippen LogP contribution >= 0.6 is 12.4 Å². The van der Waals surface area contributed by atoms with Crippen molar-refractivity contribution in [1.29, 1.82) is 0 Å². The third-order valence-corrected chi connectivity index (χ3v) is 1.35. The van der Waals surface area contributed by atoms with Crippen LogP contribution in [0.1, 0.15) is 0 Å². The van der Waals surface area contributed by atoms with Crippen LogP contribution in [0.5, 0.6) is 0 Å². The van der Waals surface area contributed by atoms with E-state index in [2.05, 4.69) is 10.7 Å². The Labute approximate surface area is 66.3 Å². The fourth-order valence-corrected chi connectivity index (χ4v) is 0.868. The molecule has 2 N–H and O–H groups in total. The average molecular weight is 166 g/mol. The summed E-state index contributed by atoms with van der Waals surface area (Å²) >= 11 is 0. The van der Waals surface area contributed by atoms with Gasteiger partial charge < -0.3 is 5.32 Å². The molecule has 0 radical (unpaired) electrons. The van der Waals surface area contributed by atoms with Gasteiger partial charge in [0.2, 0.25) is 6.41 Å². The second-order valence-electron chi connectivity index (χ2n) is 1.98. The number of nitrogens with one attached hydrogen (secondary N) is 2. The maximum absolute atomic E-state index is 9.90. The number of hydrazine groups is 1. The first kappa shape index (κ1) is 9.68. The summed E-state index contributed by atoms with van der Waals surface area (Å²) in [6.07, 6.45) is 0.714. The van der Waals surface area contributed by atoms with Crippen molar-refractivity contribution in [1.82, 2.24) is 15.8 Å². The van der Waals surface area contributed by atoms with Gasteiger partial charge in [0, 0.05) is 26.2 Å². The van der Waals surface area contributed by atoms with Gasteiger partial charge in [-0.1, -0.05) is 0 Å². The fraction of sp³-hybridized carbons (Fsp3) is 0.800. The molecule has 0 aliphatic carbocycles. The van der Waals surface area contributed by atoms with Crippen LogP contribution in [0.2, 0.25) is 0 Å². The number of halogens is 1. The van der Waals surface area contributed by atoms with E-state index in [1.807, 2.05) is 5.01 Å². The zero-order valence-corrected chi connectivity index (χ0v) is 6.49. The molecule has 0 saturated carbocycles. The smallest absolute Gasteiger partial charge is 0.221 e. The number of nitrogens with zero attached hydrogens (tertiary/aromatic N) is 1. The monoisotopic (exact) mass is 165 g/mol. The van der Waals surface area contributed by atoms with E-state index in [1.165, 1.54) is 0 Å². The second kappa shape index (κ2) is 5.46. The van der Waals surface area contributed by atoms with E-state index in [0.29, 0.717) is 6.41 Å². The van der Waals surface area contributed by atoms with Gasteiger partial charge >= 0.3 is 0 Å². The lowest BCUT2D eigenvalue weighted by atomic mass is 10.4. The van der Waals surface area contributed by atoms with Crippen LogP contribution in [-0.4, -0.2) is 37.6 Å². The molecule has 60 valence electrons. The summed E-state index contributed by atoms with van der Waals surface area (Å²) in [5, 5.41) is 5.07. The zero-order valence-electron chi connectivity index (χ0n) is 5.67. The Morgan fingerprint density at radius 3 is 2.50 bits per heavy atom. The van der Waals surface area contributed by atoms with E-state index in [9.17, 15) is 4.79 Å². The molecule has 0 unspecified atom stereocenters. The lowest BCUT2D eigenvalue weighted by Gasteiger charge is -2.25. The predicted molar refractivity (Wildman–Crippen MR) is 40.9 cm³/mol. The van der Waals surface area contributed by atoms with Gasteiger partial charge in [0.25, 0.3) is 0 Å². The molecule has 0 bridgehead atoms. The summed E-state index contributed by atoms with van der Waals surface area (Å²) in [6.45, 7) is 3.72. The molecule has 1 amide bonds. The number of piperazine rings is 1. The second-order valence-corrected chi connectivity index (χ2v) is 1.98. The summed E-state index contributed by atoms with van der Waals surface area (Å²) < 4.78 is 0.